The van der Waals surface area contributed by atoms with Crippen LogP contribution in [0.3, 0.4) is 0 Å². The van der Waals surface area contributed by atoms with E-state index in [2.05, 4.69) is 9.64 Å². The molecule has 0 aromatic carbocycles. The summed E-state index contributed by atoms with van der Waals surface area (Å²) in [5, 5.41) is 17.1. The minimum absolute atomic E-state index is 0.266. The van der Waals surface area contributed by atoms with Gasteiger partial charge in [0.2, 0.25) is 0 Å². The average Bonchev–Trinajstić information content (AvgIpc) is 2.73. The standard InChI is InChI=1S/C9H12BFN2O3/c11-9-7(16-10(14)15)3-4-8(12-9)13-5-1-2-6-13/h3-4,14-15H,1-2,5-6H2. The van der Waals surface area contributed by atoms with E-state index < -0.39 is 13.3 Å². The summed E-state index contributed by atoms with van der Waals surface area (Å²) < 4.78 is 17.8. The lowest BCUT2D eigenvalue weighted by molar-refractivity contribution is 0.280. The number of aromatic nitrogens is 1. The zero-order valence-corrected chi connectivity index (χ0v) is 8.64. The first-order valence-corrected chi connectivity index (χ1v) is 5.11. The Hall–Kier alpha value is -1.34. The monoisotopic (exact) mass is 226 g/mol. The Labute approximate surface area is 92.7 Å². The predicted molar refractivity (Wildman–Crippen MR) is 56.5 cm³/mol. The van der Waals surface area contributed by atoms with Crippen molar-refractivity contribution in [1.29, 1.82) is 0 Å². The van der Waals surface area contributed by atoms with Crippen molar-refractivity contribution in [3.8, 4) is 5.75 Å². The van der Waals surface area contributed by atoms with Crippen molar-refractivity contribution in [3.63, 3.8) is 0 Å². The van der Waals surface area contributed by atoms with Crippen LogP contribution in [0, 0.1) is 5.95 Å². The molecule has 1 aliphatic heterocycles. The van der Waals surface area contributed by atoms with Crippen molar-refractivity contribution in [2.45, 2.75) is 12.8 Å². The molecule has 86 valence electrons. The third-order valence-corrected chi connectivity index (χ3v) is 2.46. The molecule has 0 atom stereocenters. The third kappa shape index (κ3) is 2.42. The van der Waals surface area contributed by atoms with E-state index in [1.54, 1.807) is 6.07 Å². The van der Waals surface area contributed by atoms with E-state index in [1.165, 1.54) is 6.07 Å². The van der Waals surface area contributed by atoms with Crippen molar-refractivity contribution in [1.82, 2.24) is 4.98 Å². The van der Waals surface area contributed by atoms with Crippen molar-refractivity contribution in [3.05, 3.63) is 18.1 Å². The van der Waals surface area contributed by atoms with Gasteiger partial charge in [0.25, 0.3) is 5.95 Å². The molecule has 0 spiro atoms. The predicted octanol–water partition coefficient (Wildman–Crippen LogP) is 0.169. The highest BCUT2D eigenvalue weighted by molar-refractivity contribution is 6.33. The summed E-state index contributed by atoms with van der Waals surface area (Å²) in [6.45, 7) is 1.74. The van der Waals surface area contributed by atoms with Crippen molar-refractivity contribution in [2.24, 2.45) is 0 Å². The SMILES string of the molecule is OB(O)Oc1ccc(N2CCCC2)nc1F. The Morgan fingerprint density at radius 1 is 1.31 bits per heavy atom. The van der Waals surface area contributed by atoms with Crippen molar-refractivity contribution >= 4 is 13.1 Å². The van der Waals surface area contributed by atoms with Crippen LogP contribution in [0.15, 0.2) is 12.1 Å². The summed E-state index contributed by atoms with van der Waals surface area (Å²) in [5.41, 5.74) is 0. The number of rotatable bonds is 3. The minimum Gasteiger partial charge on any atom is -0.508 e. The molecule has 1 fully saturated rings. The average molecular weight is 226 g/mol. The molecule has 0 radical (unpaired) electrons. The second-order valence-corrected chi connectivity index (χ2v) is 3.60. The van der Waals surface area contributed by atoms with Crippen molar-refractivity contribution < 1.29 is 19.1 Å². The molecule has 1 aromatic rings. The van der Waals surface area contributed by atoms with Gasteiger partial charge in [0.05, 0.1) is 0 Å². The van der Waals surface area contributed by atoms with Crippen LogP contribution in [0.4, 0.5) is 10.2 Å². The summed E-state index contributed by atoms with van der Waals surface area (Å²) >= 11 is 0. The topological polar surface area (TPSA) is 65.8 Å². The van der Waals surface area contributed by atoms with E-state index in [4.69, 9.17) is 10.0 Å². The molecule has 2 rings (SSSR count). The Bertz CT molecular complexity index is 372. The minimum atomic E-state index is -2.03. The number of nitrogens with zero attached hydrogens (tertiary/aromatic N) is 2. The van der Waals surface area contributed by atoms with Gasteiger partial charge in [-0.1, -0.05) is 0 Å². The molecule has 0 bridgehead atoms. The molecule has 0 saturated carbocycles. The van der Waals surface area contributed by atoms with Crippen LogP contribution < -0.4 is 9.55 Å². The number of pyridine rings is 1. The number of hydrogen-bond donors (Lipinski definition) is 2. The van der Waals surface area contributed by atoms with E-state index in [0.717, 1.165) is 25.9 Å². The highest BCUT2D eigenvalue weighted by atomic mass is 19.1. The molecule has 0 unspecified atom stereocenters. The molecule has 5 nitrogen and oxygen atoms in total. The molecular formula is C9H12BFN2O3. The van der Waals surface area contributed by atoms with E-state index in [-0.39, 0.29) is 5.75 Å². The van der Waals surface area contributed by atoms with Crippen LogP contribution in [0.2, 0.25) is 0 Å². The molecule has 0 aliphatic carbocycles. The largest absolute Gasteiger partial charge is 0.707 e. The molecule has 7 heteroatoms. The highest BCUT2D eigenvalue weighted by Gasteiger charge is 2.18. The van der Waals surface area contributed by atoms with Gasteiger partial charge in [-0.05, 0) is 25.0 Å². The van der Waals surface area contributed by atoms with Gasteiger partial charge < -0.3 is 19.6 Å². The maximum absolute atomic E-state index is 13.4. The zero-order valence-electron chi connectivity index (χ0n) is 8.64. The first-order chi connectivity index (χ1) is 7.66. The highest BCUT2D eigenvalue weighted by Crippen LogP contribution is 2.22. The molecule has 16 heavy (non-hydrogen) atoms. The summed E-state index contributed by atoms with van der Waals surface area (Å²) in [6.07, 6.45) is 2.16. The maximum Gasteiger partial charge on any atom is 0.707 e. The van der Waals surface area contributed by atoms with Crippen LogP contribution >= 0.6 is 0 Å². The number of halogens is 1. The summed E-state index contributed by atoms with van der Waals surface area (Å²) in [4.78, 5) is 5.69. The van der Waals surface area contributed by atoms with Gasteiger partial charge in [0, 0.05) is 13.1 Å². The lowest BCUT2D eigenvalue weighted by Crippen LogP contribution is -2.22. The second-order valence-electron chi connectivity index (χ2n) is 3.60. The van der Waals surface area contributed by atoms with E-state index in [1.807, 2.05) is 4.90 Å². The first-order valence-electron chi connectivity index (χ1n) is 5.11. The van der Waals surface area contributed by atoms with Gasteiger partial charge in [-0.2, -0.15) is 9.37 Å². The Morgan fingerprint density at radius 2 is 2.00 bits per heavy atom. The Balaban J connectivity index is 2.15. The summed E-state index contributed by atoms with van der Waals surface area (Å²) in [5.74, 6) is -0.551. The molecule has 1 aromatic heterocycles. The van der Waals surface area contributed by atoms with Gasteiger partial charge in [-0.25, -0.2) is 0 Å². The second kappa shape index (κ2) is 4.67. The fraction of sp³-hybridized carbons (Fsp3) is 0.444. The first kappa shape index (κ1) is 11.2. The van der Waals surface area contributed by atoms with Crippen LogP contribution in [-0.4, -0.2) is 35.4 Å². The molecular weight excluding hydrogens is 214 g/mol. The molecule has 2 N–H and O–H groups in total. The smallest absolute Gasteiger partial charge is 0.508 e. The molecule has 1 aliphatic rings. The summed E-state index contributed by atoms with van der Waals surface area (Å²) in [7, 11) is -2.03. The van der Waals surface area contributed by atoms with Gasteiger partial charge in [0.15, 0.2) is 5.75 Å². The third-order valence-electron chi connectivity index (χ3n) is 2.46. The van der Waals surface area contributed by atoms with E-state index in [9.17, 15) is 4.39 Å². The van der Waals surface area contributed by atoms with Gasteiger partial charge in [0.1, 0.15) is 5.82 Å². The van der Waals surface area contributed by atoms with Crippen LogP contribution in [0.25, 0.3) is 0 Å². The fourth-order valence-electron chi connectivity index (χ4n) is 1.74. The van der Waals surface area contributed by atoms with Crippen molar-refractivity contribution in [2.75, 3.05) is 18.0 Å². The lowest BCUT2D eigenvalue weighted by Gasteiger charge is -2.16. The van der Waals surface area contributed by atoms with E-state index >= 15 is 0 Å². The van der Waals surface area contributed by atoms with Crippen LogP contribution in [0.5, 0.6) is 5.75 Å². The van der Waals surface area contributed by atoms with Gasteiger partial charge in [-0.15, -0.1) is 0 Å². The van der Waals surface area contributed by atoms with Gasteiger partial charge >= 0.3 is 7.32 Å². The zero-order chi connectivity index (χ0) is 11.5. The number of anilines is 1. The molecule has 1 saturated heterocycles. The lowest BCUT2D eigenvalue weighted by atomic mass is 10.2. The quantitative estimate of drug-likeness (QED) is 0.568. The molecule has 0 amide bonds. The Morgan fingerprint density at radius 3 is 2.56 bits per heavy atom. The van der Waals surface area contributed by atoms with Crippen LogP contribution in [-0.2, 0) is 0 Å². The van der Waals surface area contributed by atoms with Gasteiger partial charge in [-0.3, -0.25) is 0 Å². The fourth-order valence-corrected chi connectivity index (χ4v) is 1.74. The maximum atomic E-state index is 13.4. The molecule has 2 heterocycles. The van der Waals surface area contributed by atoms with E-state index in [0.29, 0.717) is 5.82 Å². The number of hydrogen-bond acceptors (Lipinski definition) is 5. The summed E-state index contributed by atoms with van der Waals surface area (Å²) in [6, 6.07) is 2.95. The Kier molecular flexibility index (Phi) is 3.26. The normalized spacial score (nSPS) is 15.3. The van der Waals surface area contributed by atoms with Crippen LogP contribution in [0.1, 0.15) is 12.8 Å².